The average Bonchev–Trinajstić information content (AvgIpc) is 3.00. The van der Waals surface area contributed by atoms with Crippen LogP contribution in [0.4, 0.5) is 5.69 Å². The summed E-state index contributed by atoms with van der Waals surface area (Å²) in [6.07, 6.45) is 1.41. The van der Waals surface area contributed by atoms with Crippen molar-refractivity contribution >= 4 is 40.9 Å². The van der Waals surface area contributed by atoms with Gasteiger partial charge in [-0.3, -0.25) is 4.79 Å². The van der Waals surface area contributed by atoms with Gasteiger partial charge >= 0.3 is 0 Å². The van der Waals surface area contributed by atoms with Crippen LogP contribution in [-0.4, -0.2) is 19.6 Å². The quantitative estimate of drug-likeness (QED) is 0.130. The Labute approximate surface area is 254 Å². The fraction of sp³-hybridized carbons (Fsp3) is 0.152. The van der Waals surface area contributed by atoms with Gasteiger partial charge in [0.15, 0.2) is 23.0 Å². The fourth-order valence-corrected chi connectivity index (χ4v) is 4.41. The highest BCUT2D eigenvalue weighted by atomic mass is 35.5. The summed E-state index contributed by atoms with van der Waals surface area (Å²) in [6.45, 7) is 2.97. The molecule has 0 aliphatic heterocycles. The molecule has 0 spiro atoms. The third-order valence-electron chi connectivity index (χ3n) is 5.98. The van der Waals surface area contributed by atoms with Crippen molar-refractivity contribution in [2.24, 2.45) is 0 Å². The van der Waals surface area contributed by atoms with E-state index in [1.165, 1.54) is 13.2 Å². The van der Waals surface area contributed by atoms with Crippen LogP contribution in [0.3, 0.4) is 0 Å². The standard InChI is InChI=1S/C33H28Cl2N2O5/c1-3-40-30-17-23(13-14-29(30)41-20-22-9-5-4-6-10-22)21-42-32-27(35)16-24(18-31(32)39-2)15-25(19-36)33(38)37-28-12-8-7-11-26(28)34/h4-18H,3,20-21H2,1-2H3,(H,37,38)/b25-15+. The molecule has 4 aromatic carbocycles. The van der Waals surface area contributed by atoms with E-state index >= 15 is 0 Å². The molecule has 0 fully saturated rings. The summed E-state index contributed by atoms with van der Waals surface area (Å²) < 4.78 is 23.4. The highest BCUT2D eigenvalue weighted by molar-refractivity contribution is 6.34. The number of carbonyl (C=O) groups is 1. The van der Waals surface area contributed by atoms with Crippen molar-refractivity contribution in [2.45, 2.75) is 20.1 Å². The van der Waals surface area contributed by atoms with Gasteiger partial charge in [-0.25, -0.2) is 0 Å². The Bertz CT molecular complexity index is 1620. The zero-order chi connectivity index (χ0) is 29.9. The molecule has 9 heteroatoms. The van der Waals surface area contributed by atoms with E-state index in [1.54, 1.807) is 36.4 Å². The number of amides is 1. The second kappa shape index (κ2) is 14.8. The minimum absolute atomic E-state index is 0.139. The summed E-state index contributed by atoms with van der Waals surface area (Å²) in [5, 5.41) is 12.9. The lowest BCUT2D eigenvalue weighted by Gasteiger charge is -2.16. The van der Waals surface area contributed by atoms with Crippen LogP contribution in [0.2, 0.25) is 10.0 Å². The monoisotopic (exact) mass is 602 g/mol. The number of nitrogens with one attached hydrogen (secondary N) is 1. The number of carbonyl (C=O) groups excluding carboxylic acids is 1. The molecule has 0 aromatic heterocycles. The molecule has 42 heavy (non-hydrogen) atoms. The van der Waals surface area contributed by atoms with Crippen LogP contribution < -0.4 is 24.3 Å². The third kappa shape index (κ3) is 7.97. The molecule has 0 saturated carbocycles. The topological polar surface area (TPSA) is 89.8 Å². The maximum atomic E-state index is 12.7. The first-order valence-electron chi connectivity index (χ1n) is 13.0. The molecule has 7 nitrogen and oxygen atoms in total. The van der Waals surface area contributed by atoms with Crippen molar-refractivity contribution in [3.8, 4) is 29.1 Å². The van der Waals surface area contributed by atoms with E-state index < -0.39 is 5.91 Å². The minimum atomic E-state index is -0.609. The number of nitrogens with zero attached hydrogens (tertiary/aromatic N) is 1. The Morgan fingerprint density at radius 1 is 0.833 bits per heavy atom. The summed E-state index contributed by atoms with van der Waals surface area (Å²) in [5.41, 5.74) is 2.62. The van der Waals surface area contributed by atoms with Gasteiger partial charge in [0.1, 0.15) is 24.9 Å². The highest BCUT2D eigenvalue weighted by Gasteiger charge is 2.16. The number of nitriles is 1. The van der Waals surface area contributed by atoms with Gasteiger partial charge < -0.3 is 24.3 Å². The van der Waals surface area contributed by atoms with Crippen LogP contribution in [0.1, 0.15) is 23.6 Å². The van der Waals surface area contributed by atoms with E-state index in [-0.39, 0.29) is 17.2 Å². The van der Waals surface area contributed by atoms with Crippen LogP contribution >= 0.6 is 23.2 Å². The molecular weight excluding hydrogens is 575 g/mol. The van der Waals surface area contributed by atoms with E-state index in [0.717, 1.165) is 11.1 Å². The lowest BCUT2D eigenvalue weighted by molar-refractivity contribution is -0.112. The number of halogens is 2. The molecule has 214 valence electrons. The van der Waals surface area contributed by atoms with Crippen LogP contribution in [-0.2, 0) is 18.0 Å². The number of rotatable bonds is 12. The predicted molar refractivity (Wildman–Crippen MR) is 164 cm³/mol. The van der Waals surface area contributed by atoms with Gasteiger partial charge in [0.25, 0.3) is 5.91 Å². The van der Waals surface area contributed by atoms with Crippen molar-refractivity contribution in [3.05, 3.63) is 117 Å². The number of benzene rings is 4. The van der Waals surface area contributed by atoms with Crippen LogP contribution in [0.25, 0.3) is 6.08 Å². The highest BCUT2D eigenvalue weighted by Crippen LogP contribution is 2.38. The molecule has 0 atom stereocenters. The van der Waals surface area contributed by atoms with E-state index in [9.17, 15) is 10.1 Å². The van der Waals surface area contributed by atoms with Crippen LogP contribution in [0, 0.1) is 11.3 Å². The van der Waals surface area contributed by atoms with E-state index in [0.29, 0.717) is 52.5 Å². The first-order chi connectivity index (χ1) is 20.4. The summed E-state index contributed by atoms with van der Waals surface area (Å²) >= 11 is 12.7. The van der Waals surface area contributed by atoms with Crippen LogP contribution in [0.15, 0.2) is 90.5 Å². The minimum Gasteiger partial charge on any atom is -0.493 e. The molecule has 0 aliphatic rings. The first kappa shape index (κ1) is 30.3. The Balaban J connectivity index is 1.49. The van der Waals surface area contributed by atoms with Crippen LogP contribution in [0.5, 0.6) is 23.0 Å². The van der Waals surface area contributed by atoms with Gasteiger partial charge in [-0.05, 0) is 66.1 Å². The molecular formula is C33H28Cl2N2O5. The Morgan fingerprint density at radius 3 is 2.29 bits per heavy atom. The maximum Gasteiger partial charge on any atom is 0.266 e. The zero-order valence-corrected chi connectivity index (χ0v) is 24.5. The molecule has 4 aromatic rings. The van der Waals surface area contributed by atoms with Crippen molar-refractivity contribution in [3.63, 3.8) is 0 Å². The molecule has 0 heterocycles. The van der Waals surface area contributed by atoms with Gasteiger partial charge in [-0.15, -0.1) is 0 Å². The zero-order valence-electron chi connectivity index (χ0n) is 23.0. The normalized spacial score (nSPS) is 10.9. The van der Waals surface area contributed by atoms with E-state index in [2.05, 4.69) is 5.32 Å². The molecule has 0 saturated heterocycles. The first-order valence-corrected chi connectivity index (χ1v) is 13.8. The summed E-state index contributed by atoms with van der Waals surface area (Å²) in [7, 11) is 1.48. The van der Waals surface area contributed by atoms with Crippen molar-refractivity contribution in [1.82, 2.24) is 0 Å². The van der Waals surface area contributed by atoms with E-state index in [4.69, 9.17) is 42.1 Å². The lowest BCUT2D eigenvalue weighted by Crippen LogP contribution is -2.13. The van der Waals surface area contributed by atoms with Crippen molar-refractivity contribution in [1.29, 1.82) is 5.26 Å². The summed E-state index contributed by atoms with van der Waals surface area (Å²) in [4.78, 5) is 12.7. The lowest BCUT2D eigenvalue weighted by atomic mass is 10.1. The van der Waals surface area contributed by atoms with E-state index in [1.807, 2.05) is 61.5 Å². The number of methoxy groups -OCH3 is 1. The molecule has 0 unspecified atom stereocenters. The number of anilines is 1. The fourth-order valence-electron chi connectivity index (χ4n) is 3.95. The molecule has 0 radical (unpaired) electrons. The molecule has 0 bridgehead atoms. The van der Waals surface area contributed by atoms with Gasteiger partial charge in [0.2, 0.25) is 0 Å². The predicted octanol–water partition coefficient (Wildman–Crippen LogP) is 8.10. The van der Waals surface area contributed by atoms with Crippen molar-refractivity contribution in [2.75, 3.05) is 19.0 Å². The van der Waals surface area contributed by atoms with Crippen molar-refractivity contribution < 1.29 is 23.7 Å². The molecule has 1 N–H and O–H groups in total. The second-order valence-corrected chi connectivity index (χ2v) is 9.73. The SMILES string of the molecule is CCOc1cc(COc2c(Cl)cc(/C=C(\C#N)C(=O)Nc3ccccc3Cl)cc2OC)ccc1OCc1ccccc1. The van der Waals surface area contributed by atoms with Gasteiger partial charge in [-0.1, -0.05) is 71.7 Å². The molecule has 1 amide bonds. The number of hydrogen-bond donors (Lipinski definition) is 1. The summed E-state index contributed by atoms with van der Waals surface area (Å²) in [6, 6.07) is 27.4. The van der Waals surface area contributed by atoms with Gasteiger partial charge in [-0.2, -0.15) is 5.26 Å². The maximum absolute atomic E-state index is 12.7. The smallest absolute Gasteiger partial charge is 0.266 e. The summed E-state index contributed by atoms with van der Waals surface area (Å²) in [5.74, 6) is 1.28. The number of ether oxygens (including phenoxy) is 4. The van der Waals surface area contributed by atoms with Gasteiger partial charge in [0.05, 0.1) is 29.4 Å². The Hall–Kier alpha value is -4.64. The number of hydrogen-bond acceptors (Lipinski definition) is 6. The second-order valence-electron chi connectivity index (χ2n) is 8.91. The largest absolute Gasteiger partial charge is 0.493 e. The Kier molecular flexibility index (Phi) is 10.7. The third-order valence-corrected chi connectivity index (χ3v) is 6.59. The average molecular weight is 604 g/mol. The van der Waals surface area contributed by atoms with Gasteiger partial charge in [0, 0.05) is 0 Å². The Morgan fingerprint density at radius 2 is 1.57 bits per heavy atom. The molecule has 0 aliphatic carbocycles. The number of para-hydroxylation sites is 1. The molecule has 4 rings (SSSR count).